The van der Waals surface area contributed by atoms with Gasteiger partial charge in [0.2, 0.25) is 0 Å². The lowest BCUT2D eigenvalue weighted by Crippen LogP contribution is -2.08. The van der Waals surface area contributed by atoms with E-state index in [1.54, 1.807) is 0 Å². The standard InChI is InChI=1S/C14H26N4O2/c1-3-20-11-14-17-12(15-2)10-13(18-14)16-8-6-4-5-7-9-19/h10,19H,3-9,11H2,1-2H3,(H2,15,16,17,18). The Kier molecular flexibility index (Phi) is 8.66. The molecule has 0 atom stereocenters. The molecule has 0 radical (unpaired) electrons. The minimum absolute atomic E-state index is 0.283. The largest absolute Gasteiger partial charge is 0.396 e. The minimum Gasteiger partial charge on any atom is -0.396 e. The second kappa shape index (κ2) is 10.4. The molecule has 20 heavy (non-hydrogen) atoms. The highest BCUT2D eigenvalue weighted by Gasteiger charge is 2.03. The lowest BCUT2D eigenvalue weighted by Gasteiger charge is -2.10. The summed E-state index contributed by atoms with van der Waals surface area (Å²) >= 11 is 0. The van der Waals surface area contributed by atoms with Crippen LogP contribution in [0.3, 0.4) is 0 Å². The maximum Gasteiger partial charge on any atom is 0.158 e. The number of nitrogens with zero attached hydrogens (tertiary/aromatic N) is 2. The molecule has 1 rings (SSSR count). The van der Waals surface area contributed by atoms with Gasteiger partial charge in [-0.25, -0.2) is 9.97 Å². The van der Waals surface area contributed by atoms with Crippen LogP contribution >= 0.6 is 0 Å². The molecule has 0 aliphatic rings. The van der Waals surface area contributed by atoms with E-state index >= 15 is 0 Å². The highest BCUT2D eigenvalue weighted by Crippen LogP contribution is 2.12. The van der Waals surface area contributed by atoms with Crippen LogP contribution in [0.2, 0.25) is 0 Å². The predicted octanol–water partition coefficient (Wildman–Crippen LogP) is 2.02. The van der Waals surface area contributed by atoms with Crippen molar-refractivity contribution in [3.63, 3.8) is 0 Å². The Morgan fingerprint density at radius 1 is 1.15 bits per heavy atom. The van der Waals surface area contributed by atoms with Crippen LogP contribution in [0.1, 0.15) is 38.4 Å². The van der Waals surface area contributed by atoms with E-state index in [1.807, 2.05) is 20.0 Å². The van der Waals surface area contributed by atoms with Gasteiger partial charge in [-0.1, -0.05) is 12.8 Å². The highest BCUT2D eigenvalue weighted by atomic mass is 16.5. The molecule has 0 amide bonds. The molecule has 0 saturated carbocycles. The van der Waals surface area contributed by atoms with Gasteiger partial charge < -0.3 is 20.5 Å². The second-order valence-corrected chi connectivity index (χ2v) is 4.51. The van der Waals surface area contributed by atoms with Crippen LogP contribution in [0.15, 0.2) is 6.07 Å². The number of nitrogens with one attached hydrogen (secondary N) is 2. The molecule has 6 nitrogen and oxygen atoms in total. The molecule has 0 saturated heterocycles. The smallest absolute Gasteiger partial charge is 0.158 e. The molecule has 1 heterocycles. The SMILES string of the molecule is CCOCc1nc(NC)cc(NCCCCCCO)n1. The first-order chi connectivity index (χ1) is 9.80. The molecule has 0 fully saturated rings. The summed E-state index contributed by atoms with van der Waals surface area (Å²) in [5, 5.41) is 15.0. The molecule has 114 valence electrons. The molecule has 6 heteroatoms. The minimum atomic E-state index is 0.283. The van der Waals surface area contributed by atoms with Gasteiger partial charge in [0.15, 0.2) is 5.82 Å². The van der Waals surface area contributed by atoms with E-state index in [0.717, 1.165) is 43.9 Å². The number of ether oxygens (including phenoxy) is 1. The zero-order chi connectivity index (χ0) is 14.6. The van der Waals surface area contributed by atoms with Crippen molar-refractivity contribution in [3.05, 3.63) is 11.9 Å². The Labute approximate surface area is 121 Å². The molecular formula is C14H26N4O2. The van der Waals surface area contributed by atoms with Gasteiger partial charge in [0, 0.05) is 32.9 Å². The Bertz CT molecular complexity index is 374. The van der Waals surface area contributed by atoms with Gasteiger partial charge in [-0.2, -0.15) is 0 Å². The fourth-order valence-electron chi connectivity index (χ4n) is 1.78. The van der Waals surface area contributed by atoms with Crippen LogP contribution in [-0.4, -0.2) is 41.9 Å². The van der Waals surface area contributed by atoms with Crippen molar-refractivity contribution < 1.29 is 9.84 Å². The lowest BCUT2D eigenvalue weighted by molar-refractivity contribution is 0.128. The van der Waals surface area contributed by atoms with E-state index in [2.05, 4.69) is 20.6 Å². The summed E-state index contributed by atoms with van der Waals surface area (Å²) in [7, 11) is 1.84. The van der Waals surface area contributed by atoms with E-state index in [-0.39, 0.29) is 6.61 Å². The number of aliphatic hydroxyl groups is 1. The number of aliphatic hydroxyl groups excluding tert-OH is 1. The van der Waals surface area contributed by atoms with Crippen molar-refractivity contribution in [1.82, 2.24) is 9.97 Å². The molecule has 0 spiro atoms. The van der Waals surface area contributed by atoms with Crippen LogP contribution in [0, 0.1) is 0 Å². The van der Waals surface area contributed by atoms with Crippen LogP contribution in [0.25, 0.3) is 0 Å². The van der Waals surface area contributed by atoms with Crippen molar-refractivity contribution in [1.29, 1.82) is 0 Å². The molecule has 3 N–H and O–H groups in total. The zero-order valence-corrected chi connectivity index (χ0v) is 12.5. The number of rotatable bonds is 11. The maximum atomic E-state index is 8.71. The normalized spacial score (nSPS) is 10.6. The van der Waals surface area contributed by atoms with Crippen molar-refractivity contribution >= 4 is 11.6 Å². The summed E-state index contributed by atoms with van der Waals surface area (Å²) in [6.45, 7) is 4.19. The third kappa shape index (κ3) is 6.68. The summed E-state index contributed by atoms with van der Waals surface area (Å²) in [6.07, 6.45) is 4.14. The fraction of sp³-hybridized carbons (Fsp3) is 0.714. The summed E-state index contributed by atoms with van der Waals surface area (Å²) < 4.78 is 5.34. The Hall–Kier alpha value is -1.40. The molecular weight excluding hydrogens is 256 g/mol. The maximum absolute atomic E-state index is 8.71. The summed E-state index contributed by atoms with van der Waals surface area (Å²) in [6, 6.07) is 1.89. The predicted molar refractivity (Wildman–Crippen MR) is 81.0 cm³/mol. The van der Waals surface area contributed by atoms with Gasteiger partial charge in [0.1, 0.15) is 18.2 Å². The third-order valence-electron chi connectivity index (χ3n) is 2.85. The molecule has 1 aromatic heterocycles. The van der Waals surface area contributed by atoms with Crippen LogP contribution in [0.4, 0.5) is 11.6 Å². The second-order valence-electron chi connectivity index (χ2n) is 4.51. The first-order valence-corrected chi connectivity index (χ1v) is 7.28. The van der Waals surface area contributed by atoms with Crippen LogP contribution in [-0.2, 0) is 11.3 Å². The van der Waals surface area contributed by atoms with Gasteiger partial charge in [-0.05, 0) is 19.8 Å². The lowest BCUT2D eigenvalue weighted by atomic mass is 10.2. The monoisotopic (exact) mass is 282 g/mol. The summed E-state index contributed by atoms with van der Waals surface area (Å²) in [5.74, 6) is 2.29. The number of hydrogen-bond donors (Lipinski definition) is 3. The van der Waals surface area contributed by atoms with E-state index in [9.17, 15) is 0 Å². The average Bonchev–Trinajstić information content (AvgIpc) is 2.48. The van der Waals surface area contributed by atoms with Crippen molar-refractivity contribution in [2.45, 2.75) is 39.2 Å². The van der Waals surface area contributed by atoms with Crippen molar-refractivity contribution in [2.75, 3.05) is 37.4 Å². The van der Waals surface area contributed by atoms with Crippen molar-refractivity contribution in [3.8, 4) is 0 Å². The van der Waals surface area contributed by atoms with Gasteiger partial charge in [0.25, 0.3) is 0 Å². The van der Waals surface area contributed by atoms with Gasteiger partial charge in [-0.15, -0.1) is 0 Å². The van der Waals surface area contributed by atoms with Crippen LogP contribution < -0.4 is 10.6 Å². The quantitative estimate of drug-likeness (QED) is 0.539. The molecule has 1 aromatic rings. The Morgan fingerprint density at radius 2 is 1.90 bits per heavy atom. The molecule has 0 aromatic carbocycles. The number of aromatic nitrogens is 2. The molecule has 0 aliphatic carbocycles. The third-order valence-corrected chi connectivity index (χ3v) is 2.85. The van der Waals surface area contributed by atoms with Gasteiger partial charge in [0.05, 0.1) is 0 Å². The fourth-order valence-corrected chi connectivity index (χ4v) is 1.78. The van der Waals surface area contributed by atoms with E-state index in [1.165, 1.54) is 0 Å². The topological polar surface area (TPSA) is 79.3 Å². The zero-order valence-electron chi connectivity index (χ0n) is 12.5. The molecule has 0 bridgehead atoms. The van der Waals surface area contributed by atoms with Gasteiger partial charge >= 0.3 is 0 Å². The first kappa shape index (κ1) is 16.7. The van der Waals surface area contributed by atoms with E-state index < -0.39 is 0 Å². The number of hydrogen-bond acceptors (Lipinski definition) is 6. The number of unbranched alkanes of at least 4 members (excludes halogenated alkanes) is 3. The number of anilines is 2. The van der Waals surface area contributed by atoms with Crippen molar-refractivity contribution in [2.24, 2.45) is 0 Å². The Morgan fingerprint density at radius 3 is 2.60 bits per heavy atom. The molecule has 0 unspecified atom stereocenters. The first-order valence-electron chi connectivity index (χ1n) is 7.28. The van der Waals surface area contributed by atoms with E-state index in [4.69, 9.17) is 9.84 Å². The highest BCUT2D eigenvalue weighted by molar-refractivity contribution is 5.47. The summed E-state index contributed by atoms with van der Waals surface area (Å²) in [4.78, 5) is 8.77. The summed E-state index contributed by atoms with van der Waals surface area (Å²) in [5.41, 5.74) is 0. The average molecular weight is 282 g/mol. The molecule has 0 aliphatic heterocycles. The van der Waals surface area contributed by atoms with Crippen LogP contribution in [0.5, 0.6) is 0 Å². The van der Waals surface area contributed by atoms with E-state index in [0.29, 0.717) is 19.0 Å². The van der Waals surface area contributed by atoms with Gasteiger partial charge in [-0.3, -0.25) is 0 Å². The Balaban J connectivity index is 2.42.